The first-order chi connectivity index (χ1) is 13.5. The molecule has 2 amide bonds. The summed E-state index contributed by atoms with van der Waals surface area (Å²) in [6, 6.07) is 7.90. The zero-order chi connectivity index (χ0) is 20.1. The lowest BCUT2D eigenvalue weighted by Gasteiger charge is -2.15. The summed E-state index contributed by atoms with van der Waals surface area (Å²) in [6.45, 7) is 1.83. The van der Waals surface area contributed by atoms with E-state index < -0.39 is 18.1 Å². The second kappa shape index (κ2) is 8.79. The van der Waals surface area contributed by atoms with Crippen molar-refractivity contribution in [2.45, 2.75) is 32.0 Å². The van der Waals surface area contributed by atoms with Gasteiger partial charge in [-0.05, 0) is 37.3 Å². The maximum absolute atomic E-state index is 12.4. The molecule has 3 rings (SSSR count). The standard InChI is InChI=1S/C19H20ClN3O5/c1-11(18(24)21-10-13-4-3-7-27-13)22-19(25)17-9-16(23-28-17)14-8-12(26-2)5-6-15(14)20/h3-8,11,17H,9-10H2,1-2H3,(H,21,24)(H,22,25)/t11-,17+/m1/s1. The summed E-state index contributed by atoms with van der Waals surface area (Å²) in [4.78, 5) is 29.8. The van der Waals surface area contributed by atoms with E-state index in [9.17, 15) is 9.59 Å². The van der Waals surface area contributed by atoms with Gasteiger partial charge in [0.2, 0.25) is 12.0 Å². The van der Waals surface area contributed by atoms with Crippen LogP contribution < -0.4 is 15.4 Å². The molecule has 2 heterocycles. The summed E-state index contributed by atoms with van der Waals surface area (Å²) in [5.74, 6) is 0.481. The van der Waals surface area contributed by atoms with Crippen LogP contribution in [0.3, 0.4) is 0 Å². The Morgan fingerprint density at radius 1 is 1.39 bits per heavy atom. The molecule has 1 aliphatic rings. The number of nitrogens with zero attached hydrogens (tertiary/aromatic N) is 1. The summed E-state index contributed by atoms with van der Waals surface area (Å²) < 4.78 is 10.3. The Balaban J connectivity index is 1.53. The van der Waals surface area contributed by atoms with Gasteiger partial charge in [-0.1, -0.05) is 16.8 Å². The molecule has 1 aromatic heterocycles. The average Bonchev–Trinajstić information content (AvgIpc) is 3.38. The first-order valence-electron chi connectivity index (χ1n) is 8.65. The lowest BCUT2D eigenvalue weighted by Crippen LogP contribution is -2.47. The van der Waals surface area contributed by atoms with Gasteiger partial charge in [0.1, 0.15) is 17.6 Å². The van der Waals surface area contributed by atoms with Gasteiger partial charge in [0.05, 0.1) is 30.7 Å². The molecule has 0 radical (unpaired) electrons. The first-order valence-corrected chi connectivity index (χ1v) is 9.02. The van der Waals surface area contributed by atoms with E-state index in [1.807, 2.05) is 0 Å². The van der Waals surface area contributed by atoms with Gasteiger partial charge in [0.25, 0.3) is 5.91 Å². The van der Waals surface area contributed by atoms with Crippen LogP contribution in [0.4, 0.5) is 0 Å². The molecular weight excluding hydrogens is 386 g/mol. The van der Waals surface area contributed by atoms with Crippen LogP contribution in [0.5, 0.6) is 5.75 Å². The molecule has 0 bridgehead atoms. The van der Waals surface area contributed by atoms with Gasteiger partial charge in [-0.25, -0.2) is 0 Å². The maximum atomic E-state index is 12.4. The number of ether oxygens (including phenoxy) is 1. The average molecular weight is 406 g/mol. The molecule has 0 aliphatic carbocycles. The van der Waals surface area contributed by atoms with E-state index >= 15 is 0 Å². The molecule has 1 aromatic carbocycles. The van der Waals surface area contributed by atoms with Crippen LogP contribution in [0.2, 0.25) is 5.02 Å². The number of methoxy groups -OCH3 is 1. The molecule has 0 unspecified atom stereocenters. The summed E-state index contributed by atoms with van der Waals surface area (Å²) in [6.07, 6.45) is 0.924. The second-order valence-corrected chi connectivity index (χ2v) is 6.62. The Morgan fingerprint density at radius 3 is 2.93 bits per heavy atom. The van der Waals surface area contributed by atoms with E-state index in [1.54, 1.807) is 44.4 Å². The van der Waals surface area contributed by atoms with Crippen LogP contribution in [0.1, 0.15) is 24.7 Å². The molecule has 9 heteroatoms. The fourth-order valence-electron chi connectivity index (χ4n) is 2.64. The largest absolute Gasteiger partial charge is 0.497 e. The molecule has 0 saturated heterocycles. The molecule has 0 saturated carbocycles. The van der Waals surface area contributed by atoms with Crippen LogP contribution in [0, 0.1) is 0 Å². The van der Waals surface area contributed by atoms with Crippen molar-refractivity contribution in [3.63, 3.8) is 0 Å². The van der Waals surface area contributed by atoms with Crippen molar-refractivity contribution in [3.8, 4) is 5.75 Å². The van der Waals surface area contributed by atoms with Crippen molar-refractivity contribution in [2.75, 3.05) is 7.11 Å². The fraction of sp³-hybridized carbons (Fsp3) is 0.316. The third-order valence-corrected chi connectivity index (χ3v) is 4.54. The minimum atomic E-state index is -0.836. The number of benzene rings is 1. The minimum Gasteiger partial charge on any atom is -0.497 e. The third kappa shape index (κ3) is 4.64. The zero-order valence-corrected chi connectivity index (χ0v) is 16.2. The molecule has 2 N–H and O–H groups in total. The number of furan rings is 1. The second-order valence-electron chi connectivity index (χ2n) is 6.21. The minimum absolute atomic E-state index is 0.236. The third-order valence-electron chi connectivity index (χ3n) is 4.21. The quantitative estimate of drug-likeness (QED) is 0.735. The summed E-state index contributed by atoms with van der Waals surface area (Å²) in [7, 11) is 1.55. The van der Waals surface area contributed by atoms with Gasteiger partial charge in [-0.3, -0.25) is 9.59 Å². The normalized spacial score (nSPS) is 16.7. The maximum Gasteiger partial charge on any atom is 0.264 e. The molecular formula is C19H20ClN3O5. The zero-order valence-electron chi connectivity index (χ0n) is 15.4. The number of hydrogen-bond donors (Lipinski definition) is 2. The summed E-state index contributed by atoms with van der Waals surface area (Å²) in [5, 5.41) is 9.76. The predicted octanol–water partition coefficient (Wildman–Crippen LogP) is 2.26. The van der Waals surface area contributed by atoms with Gasteiger partial charge in [0, 0.05) is 12.0 Å². The predicted molar refractivity (Wildman–Crippen MR) is 102 cm³/mol. The lowest BCUT2D eigenvalue weighted by atomic mass is 10.0. The number of nitrogens with one attached hydrogen (secondary N) is 2. The Bertz CT molecular complexity index is 882. The van der Waals surface area contributed by atoms with Crippen molar-refractivity contribution in [1.29, 1.82) is 0 Å². The number of carbonyl (C=O) groups excluding carboxylic acids is 2. The Morgan fingerprint density at radius 2 is 2.21 bits per heavy atom. The van der Waals surface area contributed by atoms with E-state index in [-0.39, 0.29) is 18.9 Å². The van der Waals surface area contributed by atoms with Crippen molar-refractivity contribution >= 4 is 29.1 Å². The van der Waals surface area contributed by atoms with Gasteiger partial charge in [-0.2, -0.15) is 0 Å². The van der Waals surface area contributed by atoms with Crippen LogP contribution in [-0.2, 0) is 21.0 Å². The van der Waals surface area contributed by atoms with Crippen LogP contribution in [0.15, 0.2) is 46.2 Å². The molecule has 1 aliphatic heterocycles. The highest BCUT2D eigenvalue weighted by Crippen LogP contribution is 2.27. The van der Waals surface area contributed by atoms with Gasteiger partial charge in [-0.15, -0.1) is 0 Å². The Hall–Kier alpha value is -3.00. The lowest BCUT2D eigenvalue weighted by molar-refractivity contribution is -0.135. The smallest absolute Gasteiger partial charge is 0.264 e. The number of oxime groups is 1. The van der Waals surface area contributed by atoms with Crippen LogP contribution >= 0.6 is 11.6 Å². The van der Waals surface area contributed by atoms with E-state index in [4.69, 9.17) is 25.6 Å². The van der Waals surface area contributed by atoms with Gasteiger partial charge < -0.3 is 24.6 Å². The summed E-state index contributed by atoms with van der Waals surface area (Å²) in [5.41, 5.74) is 1.18. The molecule has 148 valence electrons. The monoisotopic (exact) mass is 405 g/mol. The number of hydrogen-bond acceptors (Lipinski definition) is 6. The van der Waals surface area contributed by atoms with Crippen molar-refractivity contribution in [1.82, 2.24) is 10.6 Å². The molecule has 28 heavy (non-hydrogen) atoms. The molecule has 0 fully saturated rings. The van der Waals surface area contributed by atoms with Crippen molar-refractivity contribution in [2.24, 2.45) is 5.16 Å². The number of halogens is 1. The number of carbonyl (C=O) groups is 2. The van der Waals surface area contributed by atoms with E-state index in [2.05, 4.69) is 15.8 Å². The van der Waals surface area contributed by atoms with E-state index in [0.29, 0.717) is 27.8 Å². The highest BCUT2D eigenvalue weighted by atomic mass is 35.5. The molecule has 0 spiro atoms. The van der Waals surface area contributed by atoms with Gasteiger partial charge >= 0.3 is 0 Å². The first kappa shape index (κ1) is 19.8. The van der Waals surface area contributed by atoms with Crippen molar-refractivity contribution < 1.29 is 23.6 Å². The molecule has 2 aromatic rings. The van der Waals surface area contributed by atoms with Crippen molar-refractivity contribution in [3.05, 3.63) is 52.9 Å². The number of amides is 2. The van der Waals surface area contributed by atoms with Crippen LogP contribution in [0.25, 0.3) is 0 Å². The Labute approximate surface area is 166 Å². The molecule has 2 atom stereocenters. The Kier molecular flexibility index (Phi) is 6.20. The van der Waals surface area contributed by atoms with E-state index in [1.165, 1.54) is 6.26 Å². The highest BCUT2D eigenvalue weighted by molar-refractivity contribution is 6.34. The van der Waals surface area contributed by atoms with Crippen LogP contribution in [-0.4, -0.2) is 36.8 Å². The molecule has 8 nitrogen and oxygen atoms in total. The van der Waals surface area contributed by atoms with Gasteiger partial charge in [0.15, 0.2) is 0 Å². The summed E-state index contributed by atoms with van der Waals surface area (Å²) >= 11 is 6.21. The highest BCUT2D eigenvalue weighted by Gasteiger charge is 2.31. The number of rotatable bonds is 7. The fourth-order valence-corrected chi connectivity index (χ4v) is 2.87. The SMILES string of the molecule is COc1ccc(Cl)c(C2=NO[C@H](C(=O)N[C@H](C)C(=O)NCc3ccco3)C2)c1. The topological polar surface area (TPSA) is 102 Å². The van der Waals surface area contributed by atoms with E-state index in [0.717, 1.165) is 0 Å².